The second-order valence-electron chi connectivity index (χ2n) is 6.47. The molecule has 1 heterocycles. The summed E-state index contributed by atoms with van der Waals surface area (Å²) in [5, 5.41) is 3.37. The Labute approximate surface area is 150 Å². The van der Waals surface area contributed by atoms with Crippen molar-refractivity contribution < 1.29 is 14.2 Å². The summed E-state index contributed by atoms with van der Waals surface area (Å²) in [6.07, 6.45) is 2.49. The maximum absolute atomic E-state index is 5.91. The number of hydrogen-bond donors (Lipinski definition) is 1. The molecule has 1 saturated heterocycles. The highest BCUT2D eigenvalue weighted by atomic mass is 16.5. The molecule has 0 unspecified atom stereocenters. The first-order valence-corrected chi connectivity index (χ1v) is 9.00. The number of benzene rings is 2. The zero-order valence-electron chi connectivity index (χ0n) is 15.1. The van der Waals surface area contributed by atoms with Gasteiger partial charge in [-0.2, -0.15) is 0 Å². The molecule has 134 valence electrons. The summed E-state index contributed by atoms with van der Waals surface area (Å²) < 4.78 is 17.3. The van der Waals surface area contributed by atoms with Crippen LogP contribution in [0.15, 0.2) is 42.5 Å². The van der Waals surface area contributed by atoms with Crippen LogP contribution in [0.1, 0.15) is 24.0 Å². The van der Waals surface area contributed by atoms with Crippen molar-refractivity contribution in [1.29, 1.82) is 0 Å². The molecule has 2 aromatic rings. The van der Waals surface area contributed by atoms with E-state index >= 15 is 0 Å². The summed E-state index contributed by atoms with van der Waals surface area (Å²) in [6, 6.07) is 14.2. The first kappa shape index (κ1) is 17.6. The monoisotopic (exact) mass is 341 g/mol. The third-order valence-electron chi connectivity index (χ3n) is 4.40. The maximum atomic E-state index is 5.91. The summed E-state index contributed by atoms with van der Waals surface area (Å²) in [5.41, 5.74) is 3.41. The molecule has 0 amide bonds. The second kappa shape index (κ2) is 8.77. The molecule has 0 aromatic heterocycles. The fourth-order valence-electron chi connectivity index (χ4n) is 3.01. The van der Waals surface area contributed by atoms with E-state index in [1.165, 1.54) is 11.1 Å². The van der Waals surface area contributed by atoms with Crippen molar-refractivity contribution in [1.82, 2.24) is 0 Å². The molecular weight excluding hydrogens is 314 g/mol. The van der Waals surface area contributed by atoms with Gasteiger partial charge in [0, 0.05) is 18.8 Å². The first-order valence-electron chi connectivity index (χ1n) is 9.00. The lowest BCUT2D eigenvalue weighted by Gasteiger charge is -2.14. The Balaban J connectivity index is 1.39. The van der Waals surface area contributed by atoms with Gasteiger partial charge in [-0.25, -0.2) is 0 Å². The number of para-hydroxylation sites is 1. The molecule has 1 N–H and O–H groups in total. The van der Waals surface area contributed by atoms with E-state index in [9.17, 15) is 0 Å². The van der Waals surface area contributed by atoms with Gasteiger partial charge in [0.1, 0.15) is 24.7 Å². The van der Waals surface area contributed by atoms with Crippen LogP contribution >= 0.6 is 0 Å². The van der Waals surface area contributed by atoms with E-state index < -0.39 is 0 Å². The fourth-order valence-corrected chi connectivity index (χ4v) is 3.01. The van der Waals surface area contributed by atoms with Crippen molar-refractivity contribution in [3.63, 3.8) is 0 Å². The Hall–Kier alpha value is -2.20. The van der Waals surface area contributed by atoms with Gasteiger partial charge in [-0.1, -0.05) is 18.2 Å². The highest BCUT2D eigenvalue weighted by Crippen LogP contribution is 2.22. The zero-order valence-corrected chi connectivity index (χ0v) is 15.1. The van der Waals surface area contributed by atoms with Crippen molar-refractivity contribution in [2.24, 2.45) is 0 Å². The molecule has 2 aromatic carbocycles. The van der Waals surface area contributed by atoms with Crippen molar-refractivity contribution in [3.8, 4) is 11.5 Å². The van der Waals surface area contributed by atoms with Crippen LogP contribution in [0.5, 0.6) is 11.5 Å². The van der Waals surface area contributed by atoms with Crippen molar-refractivity contribution in [3.05, 3.63) is 53.6 Å². The van der Waals surface area contributed by atoms with Crippen LogP contribution in [-0.4, -0.2) is 32.5 Å². The molecule has 0 bridgehead atoms. The Morgan fingerprint density at radius 3 is 2.48 bits per heavy atom. The standard InChI is InChI=1S/C21H27NO3/c1-16-5-3-6-17(2)21(16)24-14-12-22-18-8-10-19(11-9-18)25-15-20-7-4-13-23-20/h3,5-6,8-11,20,22H,4,7,12-15H2,1-2H3/t20-/m1/s1. The molecule has 3 rings (SSSR count). The maximum Gasteiger partial charge on any atom is 0.125 e. The quantitative estimate of drug-likeness (QED) is 0.725. The van der Waals surface area contributed by atoms with Crippen molar-refractivity contribution >= 4 is 5.69 Å². The number of aryl methyl sites for hydroxylation is 2. The Morgan fingerprint density at radius 1 is 1.04 bits per heavy atom. The van der Waals surface area contributed by atoms with Gasteiger partial charge in [0.25, 0.3) is 0 Å². The number of nitrogens with one attached hydrogen (secondary N) is 1. The molecule has 1 aliphatic heterocycles. The minimum absolute atomic E-state index is 0.250. The normalized spacial score (nSPS) is 16.6. The van der Waals surface area contributed by atoms with E-state index in [0.29, 0.717) is 13.2 Å². The molecule has 1 fully saturated rings. The van der Waals surface area contributed by atoms with Crippen LogP contribution in [0, 0.1) is 13.8 Å². The lowest BCUT2D eigenvalue weighted by Crippen LogP contribution is -2.16. The van der Waals surface area contributed by atoms with Crippen LogP contribution in [0.25, 0.3) is 0 Å². The fraction of sp³-hybridized carbons (Fsp3) is 0.429. The molecule has 0 saturated carbocycles. The van der Waals surface area contributed by atoms with Gasteiger partial charge >= 0.3 is 0 Å². The number of hydrogen-bond acceptors (Lipinski definition) is 4. The van der Waals surface area contributed by atoms with E-state index in [-0.39, 0.29) is 6.10 Å². The zero-order chi connectivity index (χ0) is 17.5. The van der Waals surface area contributed by atoms with Crippen molar-refractivity contribution in [2.75, 3.05) is 31.7 Å². The summed E-state index contributed by atoms with van der Waals surface area (Å²) in [7, 11) is 0. The van der Waals surface area contributed by atoms with E-state index in [1.807, 2.05) is 24.3 Å². The molecule has 0 radical (unpaired) electrons. The van der Waals surface area contributed by atoms with Crippen LogP contribution in [0.2, 0.25) is 0 Å². The molecular formula is C21H27NO3. The van der Waals surface area contributed by atoms with E-state index in [2.05, 4.69) is 37.4 Å². The molecule has 4 heteroatoms. The number of anilines is 1. The van der Waals surface area contributed by atoms with Crippen molar-refractivity contribution in [2.45, 2.75) is 32.8 Å². The van der Waals surface area contributed by atoms with Gasteiger partial charge < -0.3 is 19.5 Å². The van der Waals surface area contributed by atoms with Crippen LogP contribution in [0.3, 0.4) is 0 Å². The Bertz CT molecular complexity index is 643. The summed E-state index contributed by atoms with van der Waals surface area (Å²) in [4.78, 5) is 0. The van der Waals surface area contributed by atoms with E-state index in [1.54, 1.807) is 0 Å². The Kier molecular flexibility index (Phi) is 6.18. The predicted octanol–water partition coefficient (Wildman–Crippen LogP) is 4.35. The third kappa shape index (κ3) is 5.13. The van der Waals surface area contributed by atoms with Gasteiger partial charge in [0.15, 0.2) is 0 Å². The predicted molar refractivity (Wildman–Crippen MR) is 101 cm³/mol. The van der Waals surface area contributed by atoms with Gasteiger partial charge in [-0.15, -0.1) is 0 Å². The first-order chi connectivity index (χ1) is 12.2. The minimum Gasteiger partial charge on any atom is -0.491 e. The molecule has 25 heavy (non-hydrogen) atoms. The highest BCUT2D eigenvalue weighted by Gasteiger charge is 2.15. The number of rotatable bonds is 8. The lowest BCUT2D eigenvalue weighted by molar-refractivity contribution is 0.0679. The molecule has 4 nitrogen and oxygen atoms in total. The van der Waals surface area contributed by atoms with Crippen LogP contribution in [-0.2, 0) is 4.74 Å². The second-order valence-corrected chi connectivity index (χ2v) is 6.47. The molecule has 1 aliphatic rings. The van der Waals surface area contributed by atoms with Gasteiger partial charge in [0.05, 0.1) is 6.10 Å². The molecule has 0 spiro atoms. The van der Waals surface area contributed by atoms with E-state index in [4.69, 9.17) is 14.2 Å². The van der Waals surface area contributed by atoms with Crippen LogP contribution < -0.4 is 14.8 Å². The third-order valence-corrected chi connectivity index (χ3v) is 4.40. The largest absolute Gasteiger partial charge is 0.491 e. The highest BCUT2D eigenvalue weighted by molar-refractivity contribution is 5.46. The van der Waals surface area contributed by atoms with Gasteiger partial charge in [-0.05, 0) is 62.1 Å². The summed E-state index contributed by atoms with van der Waals surface area (Å²) in [6.45, 7) is 7.03. The smallest absolute Gasteiger partial charge is 0.125 e. The van der Waals surface area contributed by atoms with E-state index in [0.717, 1.165) is 43.2 Å². The summed E-state index contributed by atoms with van der Waals surface area (Å²) in [5.74, 6) is 1.87. The molecule has 1 atom stereocenters. The summed E-state index contributed by atoms with van der Waals surface area (Å²) >= 11 is 0. The average Bonchev–Trinajstić information content (AvgIpc) is 3.13. The molecule has 0 aliphatic carbocycles. The topological polar surface area (TPSA) is 39.7 Å². The van der Waals surface area contributed by atoms with Crippen LogP contribution in [0.4, 0.5) is 5.69 Å². The lowest BCUT2D eigenvalue weighted by atomic mass is 10.1. The van der Waals surface area contributed by atoms with Gasteiger partial charge in [-0.3, -0.25) is 0 Å². The van der Waals surface area contributed by atoms with Gasteiger partial charge in [0.2, 0.25) is 0 Å². The SMILES string of the molecule is Cc1cccc(C)c1OCCNc1ccc(OC[C@H]2CCCO2)cc1. The number of ether oxygens (including phenoxy) is 3. The Morgan fingerprint density at radius 2 is 1.80 bits per heavy atom. The average molecular weight is 341 g/mol. The minimum atomic E-state index is 0.250.